The molecule has 1 atom stereocenters. The molecule has 1 unspecified atom stereocenters. The lowest BCUT2D eigenvalue weighted by Crippen LogP contribution is -2.47. The summed E-state index contributed by atoms with van der Waals surface area (Å²) in [5, 5.41) is 4.81. The summed E-state index contributed by atoms with van der Waals surface area (Å²) in [5.74, 6) is 0.534. The first-order chi connectivity index (χ1) is 11.3. The zero-order chi connectivity index (χ0) is 15.6. The van der Waals surface area contributed by atoms with Gasteiger partial charge in [0.1, 0.15) is 5.01 Å². The topological polar surface area (TPSA) is 73.9 Å². The third-order valence-corrected chi connectivity index (χ3v) is 5.75. The Kier molecular flexibility index (Phi) is 4.13. The first-order valence-electron chi connectivity index (χ1n) is 8.29. The highest BCUT2D eigenvalue weighted by atomic mass is 32.1. The molecule has 2 aromatic heterocycles. The molecule has 0 saturated carbocycles. The molecule has 2 N–H and O–H groups in total. The van der Waals surface area contributed by atoms with Crippen molar-refractivity contribution in [2.24, 2.45) is 0 Å². The zero-order valence-electron chi connectivity index (χ0n) is 13.0. The second-order valence-electron chi connectivity index (χ2n) is 6.24. The Hall–Kier alpha value is -1.73. The SMILES string of the molecule is O=c1[nH]ccnc1N1CCCC(NCc2nc3c(s2)CCC3)C1. The lowest BCUT2D eigenvalue weighted by molar-refractivity contribution is 0.419. The highest BCUT2D eigenvalue weighted by Gasteiger charge is 2.23. The zero-order valence-corrected chi connectivity index (χ0v) is 13.9. The number of aromatic amines is 1. The molecule has 0 amide bonds. The van der Waals surface area contributed by atoms with E-state index in [1.54, 1.807) is 12.4 Å². The number of nitrogens with one attached hydrogen (secondary N) is 2. The van der Waals surface area contributed by atoms with Gasteiger partial charge in [-0.15, -0.1) is 11.3 Å². The molecule has 1 aliphatic carbocycles. The van der Waals surface area contributed by atoms with Crippen molar-refractivity contribution >= 4 is 17.2 Å². The number of rotatable bonds is 4. The fourth-order valence-electron chi connectivity index (χ4n) is 3.46. The number of aryl methyl sites for hydroxylation is 2. The molecule has 0 radical (unpaired) electrons. The smallest absolute Gasteiger partial charge is 0.290 e. The number of aromatic nitrogens is 3. The van der Waals surface area contributed by atoms with Gasteiger partial charge in [0.25, 0.3) is 5.56 Å². The summed E-state index contributed by atoms with van der Waals surface area (Å²) in [4.78, 5) is 27.1. The lowest BCUT2D eigenvalue weighted by Gasteiger charge is -2.33. The predicted octanol–water partition coefficient (Wildman–Crippen LogP) is 1.47. The van der Waals surface area contributed by atoms with E-state index in [1.807, 2.05) is 11.3 Å². The van der Waals surface area contributed by atoms with Crippen molar-refractivity contribution in [1.29, 1.82) is 0 Å². The Balaban J connectivity index is 1.37. The largest absolute Gasteiger partial charge is 0.350 e. The average molecular weight is 331 g/mol. The van der Waals surface area contributed by atoms with Crippen molar-refractivity contribution in [3.8, 4) is 0 Å². The van der Waals surface area contributed by atoms with E-state index < -0.39 is 0 Å². The minimum atomic E-state index is -0.107. The van der Waals surface area contributed by atoms with Crippen molar-refractivity contribution in [2.45, 2.75) is 44.7 Å². The molecule has 7 heteroatoms. The number of anilines is 1. The van der Waals surface area contributed by atoms with Crippen LogP contribution in [-0.4, -0.2) is 34.1 Å². The van der Waals surface area contributed by atoms with Gasteiger partial charge in [0.15, 0.2) is 5.82 Å². The van der Waals surface area contributed by atoms with Gasteiger partial charge in [-0.25, -0.2) is 9.97 Å². The number of hydrogen-bond donors (Lipinski definition) is 2. The van der Waals surface area contributed by atoms with Crippen LogP contribution < -0.4 is 15.8 Å². The van der Waals surface area contributed by atoms with Gasteiger partial charge in [-0.3, -0.25) is 4.79 Å². The van der Waals surface area contributed by atoms with Gasteiger partial charge in [0, 0.05) is 42.9 Å². The van der Waals surface area contributed by atoms with Crippen LogP contribution in [0.5, 0.6) is 0 Å². The molecule has 0 aromatic carbocycles. The molecule has 1 aliphatic heterocycles. The summed E-state index contributed by atoms with van der Waals surface area (Å²) in [5.41, 5.74) is 1.21. The van der Waals surface area contributed by atoms with E-state index in [0.29, 0.717) is 11.9 Å². The van der Waals surface area contributed by atoms with Gasteiger partial charge in [0.05, 0.1) is 5.69 Å². The maximum absolute atomic E-state index is 11.9. The molecule has 0 bridgehead atoms. The summed E-state index contributed by atoms with van der Waals surface area (Å²) < 4.78 is 0. The summed E-state index contributed by atoms with van der Waals surface area (Å²) >= 11 is 1.86. The average Bonchev–Trinajstić information content (AvgIpc) is 3.15. The van der Waals surface area contributed by atoms with E-state index in [9.17, 15) is 4.79 Å². The van der Waals surface area contributed by atoms with E-state index in [-0.39, 0.29) is 5.56 Å². The molecule has 1 fully saturated rings. The number of H-pyrrole nitrogens is 1. The van der Waals surface area contributed by atoms with E-state index in [4.69, 9.17) is 4.98 Å². The third-order valence-electron chi connectivity index (χ3n) is 4.59. The number of piperidine rings is 1. The third kappa shape index (κ3) is 3.16. The van der Waals surface area contributed by atoms with Crippen molar-refractivity contribution in [3.05, 3.63) is 38.3 Å². The van der Waals surface area contributed by atoms with Crippen molar-refractivity contribution in [1.82, 2.24) is 20.3 Å². The Labute approximate surface area is 139 Å². The van der Waals surface area contributed by atoms with Crippen LogP contribution in [0.2, 0.25) is 0 Å². The van der Waals surface area contributed by atoms with Gasteiger partial charge in [-0.05, 0) is 32.1 Å². The lowest BCUT2D eigenvalue weighted by atomic mass is 10.1. The van der Waals surface area contributed by atoms with Gasteiger partial charge >= 0.3 is 0 Å². The van der Waals surface area contributed by atoms with Gasteiger partial charge in [-0.1, -0.05) is 0 Å². The standard InChI is InChI=1S/C16H21N5OS/c22-16-15(17-6-7-18-16)21-8-2-3-11(10-21)19-9-14-20-12-4-1-5-13(12)23-14/h6-7,11,19H,1-5,8-10H2,(H,18,22). The Morgan fingerprint density at radius 2 is 2.35 bits per heavy atom. The molecule has 3 heterocycles. The van der Waals surface area contributed by atoms with Crippen LogP contribution in [0.15, 0.2) is 17.2 Å². The molecule has 1 saturated heterocycles. The van der Waals surface area contributed by atoms with Crippen LogP contribution in [0.4, 0.5) is 5.82 Å². The minimum absolute atomic E-state index is 0.107. The molecular formula is C16H21N5OS. The molecule has 0 spiro atoms. The summed E-state index contributed by atoms with van der Waals surface area (Å²) in [7, 11) is 0. The van der Waals surface area contributed by atoms with E-state index in [2.05, 4.69) is 20.2 Å². The Morgan fingerprint density at radius 1 is 1.39 bits per heavy atom. The highest BCUT2D eigenvalue weighted by molar-refractivity contribution is 7.11. The maximum Gasteiger partial charge on any atom is 0.290 e. The number of fused-ring (bicyclic) bond motifs is 1. The molecule has 23 heavy (non-hydrogen) atoms. The number of hydrogen-bond acceptors (Lipinski definition) is 6. The van der Waals surface area contributed by atoms with E-state index in [0.717, 1.165) is 38.9 Å². The molecule has 2 aromatic rings. The Morgan fingerprint density at radius 3 is 3.22 bits per heavy atom. The fourth-order valence-corrected chi connectivity index (χ4v) is 4.56. The molecular weight excluding hydrogens is 310 g/mol. The van der Waals surface area contributed by atoms with Crippen LogP contribution in [0, 0.1) is 0 Å². The van der Waals surface area contributed by atoms with Crippen LogP contribution in [-0.2, 0) is 19.4 Å². The Bertz CT molecular complexity index is 719. The monoisotopic (exact) mass is 331 g/mol. The molecule has 6 nitrogen and oxygen atoms in total. The second kappa shape index (κ2) is 6.41. The highest BCUT2D eigenvalue weighted by Crippen LogP contribution is 2.27. The van der Waals surface area contributed by atoms with Crippen LogP contribution in [0.25, 0.3) is 0 Å². The van der Waals surface area contributed by atoms with Crippen LogP contribution >= 0.6 is 11.3 Å². The van der Waals surface area contributed by atoms with Crippen molar-refractivity contribution in [2.75, 3.05) is 18.0 Å². The van der Waals surface area contributed by atoms with Gasteiger partial charge < -0.3 is 15.2 Å². The first-order valence-corrected chi connectivity index (χ1v) is 9.11. The van der Waals surface area contributed by atoms with Gasteiger partial charge in [0.2, 0.25) is 0 Å². The predicted molar refractivity (Wildman–Crippen MR) is 91.1 cm³/mol. The van der Waals surface area contributed by atoms with Crippen molar-refractivity contribution < 1.29 is 0 Å². The number of nitrogens with zero attached hydrogens (tertiary/aromatic N) is 3. The summed E-state index contributed by atoms with van der Waals surface area (Å²) in [6.45, 7) is 2.55. The van der Waals surface area contributed by atoms with Crippen LogP contribution in [0.3, 0.4) is 0 Å². The fraction of sp³-hybridized carbons (Fsp3) is 0.562. The van der Waals surface area contributed by atoms with Gasteiger partial charge in [-0.2, -0.15) is 0 Å². The first kappa shape index (κ1) is 14.8. The molecule has 122 valence electrons. The normalized spacial score (nSPS) is 20.7. The van der Waals surface area contributed by atoms with E-state index >= 15 is 0 Å². The van der Waals surface area contributed by atoms with E-state index in [1.165, 1.54) is 28.4 Å². The van der Waals surface area contributed by atoms with Crippen LogP contribution in [0.1, 0.15) is 34.8 Å². The number of thiazole rings is 1. The molecule has 2 aliphatic rings. The molecule has 4 rings (SSSR count). The quantitative estimate of drug-likeness (QED) is 0.887. The summed E-state index contributed by atoms with van der Waals surface area (Å²) in [6, 6.07) is 0.379. The van der Waals surface area contributed by atoms with Crippen molar-refractivity contribution in [3.63, 3.8) is 0 Å². The minimum Gasteiger partial charge on any atom is -0.350 e. The summed E-state index contributed by atoms with van der Waals surface area (Å²) in [6.07, 6.45) is 9.03. The maximum atomic E-state index is 11.9. The second-order valence-corrected chi connectivity index (χ2v) is 7.41.